The van der Waals surface area contributed by atoms with Crippen molar-refractivity contribution >= 4 is 27.9 Å². The van der Waals surface area contributed by atoms with Gasteiger partial charge in [-0.2, -0.15) is 12.7 Å². The first-order valence-electron chi connectivity index (χ1n) is 8.34. The van der Waals surface area contributed by atoms with Gasteiger partial charge in [0.05, 0.1) is 11.1 Å². The Hall–Kier alpha value is -2.30. The maximum atomic E-state index is 12.6. The summed E-state index contributed by atoms with van der Waals surface area (Å²) in [4.78, 5) is 38.4. The van der Waals surface area contributed by atoms with Gasteiger partial charge >= 0.3 is 0 Å². The average Bonchev–Trinajstić information content (AvgIpc) is 2.81. The second-order valence-electron chi connectivity index (χ2n) is 7.31. The van der Waals surface area contributed by atoms with E-state index in [9.17, 15) is 22.8 Å². The summed E-state index contributed by atoms with van der Waals surface area (Å²) in [5.74, 6) is -1.28. The first-order chi connectivity index (χ1) is 12.4. The number of carbonyl (C=O) groups is 3. The fraction of sp³-hybridized carbons (Fsp3) is 0.471. The molecule has 1 aliphatic rings. The van der Waals surface area contributed by atoms with Gasteiger partial charge in [0, 0.05) is 38.3 Å². The zero-order valence-corrected chi connectivity index (χ0v) is 16.8. The second-order valence-corrected chi connectivity index (χ2v) is 9.28. The lowest BCUT2D eigenvalue weighted by Gasteiger charge is -2.29. The van der Waals surface area contributed by atoms with E-state index >= 15 is 0 Å². The van der Waals surface area contributed by atoms with Crippen molar-refractivity contribution in [3.8, 4) is 0 Å². The van der Waals surface area contributed by atoms with Crippen molar-refractivity contribution in [3.05, 3.63) is 34.9 Å². The van der Waals surface area contributed by atoms with Crippen LogP contribution >= 0.6 is 0 Å². The Morgan fingerprint density at radius 1 is 1.07 bits per heavy atom. The summed E-state index contributed by atoms with van der Waals surface area (Å²) >= 11 is 0. The van der Waals surface area contributed by atoms with E-state index in [0.29, 0.717) is 0 Å². The van der Waals surface area contributed by atoms with Crippen LogP contribution in [-0.4, -0.2) is 68.1 Å². The van der Waals surface area contributed by atoms with Crippen LogP contribution in [0.5, 0.6) is 0 Å². The summed E-state index contributed by atoms with van der Waals surface area (Å²) < 4.78 is 26.5. The van der Waals surface area contributed by atoms with Crippen LogP contribution in [-0.2, 0) is 10.2 Å². The van der Waals surface area contributed by atoms with Crippen molar-refractivity contribution < 1.29 is 22.8 Å². The standard InChI is InChI=1S/C17H24N4O5S/c1-17(2,3)21-15(23)12-7-6-11(10-13(12)16(21)24)14(22)18-8-9-19-27(25,26)20(4)5/h6-7,10,19H,8-9H2,1-5H3,(H,18,22). The van der Waals surface area contributed by atoms with Crippen LogP contribution in [0, 0.1) is 0 Å². The Bertz CT molecular complexity index is 887. The minimum absolute atomic E-state index is 0.0203. The molecule has 0 unspecified atom stereocenters. The molecule has 0 radical (unpaired) electrons. The summed E-state index contributed by atoms with van der Waals surface area (Å²) in [7, 11) is -0.771. The van der Waals surface area contributed by atoms with E-state index in [1.165, 1.54) is 37.2 Å². The van der Waals surface area contributed by atoms with Gasteiger partial charge < -0.3 is 5.32 Å². The summed E-state index contributed by atoms with van der Waals surface area (Å²) in [6.07, 6.45) is 0. The molecule has 0 aromatic heterocycles. The molecular weight excluding hydrogens is 372 g/mol. The van der Waals surface area contributed by atoms with E-state index < -0.39 is 27.6 Å². The third kappa shape index (κ3) is 4.34. The first kappa shape index (κ1) is 21.0. The van der Waals surface area contributed by atoms with Crippen molar-refractivity contribution in [2.45, 2.75) is 26.3 Å². The molecule has 2 rings (SSSR count). The summed E-state index contributed by atoms with van der Waals surface area (Å²) in [6, 6.07) is 4.32. The molecule has 0 saturated heterocycles. The number of nitrogens with one attached hydrogen (secondary N) is 2. The number of hydrogen-bond acceptors (Lipinski definition) is 5. The van der Waals surface area contributed by atoms with E-state index in [2.05, 4.69) is 10.0 Å². The van der Waals surface area contributed by atoms with Gasteiger partial charge in [-0.25, -0.2) is 4.72 Å². The quantitative estimate of drug-likeness (QED) is 0.527. The lowest BCUT2D eigenvalue weighted by Crippen LogP contribution is -2.45. The van der Waals surface area contributed by atoms with Crippen LogP contribution in [0.1, 0.15) is 51.8 Å². The molecule has 10 heteroatoms. The molecule has 0 saturated carbocycles. The van der Waals surface area contributed by atoms with E-state index in [1.807, 2.05) is 0 Å². The minimum atomic E-state index is -3.56. The number of benzene rings is 1. The summed E-state index contributed by atoms with van der Waals surface area (Å²) in [5, 5.41) is 2.57. The SMILES string of the molecule is CN(C)S(=O)(=O)NCCNC(=O)c1ccc2c(c1)C(=O)N(C(C)(C)C)C2=O. The molecule has 148 valence electrons. The van der Waals surface area contributed by atoms with Gasteiger partial charge in [0.25, 0.3) is 27.9 Å². The number of imide groups is 1. The Kier molecular flexibility index (Phi) is 5.74. The van der Waals surface area contributed by atoms with Crippen LogP contribution in [0.2, 0.25) is 0 Å². The van der Waals surface area contributed by atoms with Crippen molar-refractivity contribution in [1.29, 1.82) is 0 Å². The molecule has 9 nitrogen and oxygen atoms in total. The molecule has 1 aliphatic heterocycles. The van der Waals surface area contributed by atoms with Gasteiger partial charge in [0.15, 0.2) is 0 Å². The molecule has 0 aliphatic carbocycles. The fourth-order valence-electron chi connectivity index (χ4n) is 2.58. The van der Waals surface area contributed by atoms with Crippen LogP contribution < -0.4 is 10.0 Å². The predicted molar refractivity (Wildman–Crippen MR) is 99.6 cm³/mol. The zero-order chi connectivity index (χ0) is 20.6. The Labute approximate surface area is 158 Å². The first-order valence-corrected chi connectivity index (χ1v) is 9.78. The molecular formula is C17H24N4O5S. The van der Waals surface area contributed by atoms with E-state index in [0.717, 1.165) is 4.31 Å². The van der Waals surface area contributed by atoms with Gasteiger partial charge in [-0.3, -0.25) is 19.3 Å². The van der Waals surface area contributed by atoms with Gasteiger partial charge in [-0.1, -0.05) is 0 Å². The smallest absolute Gasteiger partial charge is 0.278 e. The monoisotopic (exact) mass is 396 g/mol. The summed E-state index contributed by atoms with van der Waals surface area (Å²) in [5.41, 5.74) is 0.0152. The number of carbonyl (C=O) groups excluding carboxylic acids is 3. The Balaban J connectivity index is 2.06. The van der Waals surface area contributed by atoms with Crippen LogP contribution in [0.25, 0.3) is 0 Å². The highest BCUT2D eigenvalue weighted by molar-refractivity contribution is 7.87. The van der Waals surface area contributed by atoms with Crippen molar-refractivity contribution in [1.82, 2.24) is 19.2 Å². The fourth-order valence-corrected chi connectivity index (χ4v) is 3.20. The molecule has 0 bridgehead atoms. The van der Waals surface area contributed by atoms with Crippen molar-refractivity contribution in [2.75, 3.05) is 27.2 Å². The third-order valence-electron chi connectivity index (χ3n) is 4.00. The largest absolute Gasteiger partial charge is 0.351 e. The lowest BCUT2D eigenvalue weighted by atomic mass is 10.1. The number of hydrogen-bond donors (Lipinski definition) is 2. The average molecular weight is 396 g/mol. The number of amides is 3. The van der Waals surface area contributed by atoms with E-state index in [1.54, 1.807) is 20.8 Å². The van der Waals surface area contributed by atoms with E-state index in [4.69, 9.17) is 0 Å². The van der Waals surface area contributed by atoms with Crippen LogP contribution in [0.4, 0.5) is 0 Å². The normalized spacial score (nSPS) is 14.7. The molecule has 3 amide bonds. The lowest BCUT2D eigenvalue weighted by molar-refractivity contribution is 0.0507. The Morgan fingerprint density at radius 2 is 1.67 bits per heavy atom. The molecule has 0 atom stereocenters. The number of nitrogens with zero attached hydrogens (tertiary/aromatic N) is 2. The van der Waals surface area contributed by atoms with Gasteiger partial charge in [-0.05, 0) is 39.0 Å². The molecule has 1 heterocycles. The molecule has 27 heavy (non-hydrogen) atoms. The predicted octanol–water partition coefficient (Wildman–Crippen LogP) is 0.207. The van der Waals surface area contributed by atoms with Crippen LogP contribution in [0.3, 0.4) is 0 Å². The molecule has 0 fully saturated rings. The number of rotatable bonds is 6. The number of fused-ring (bicyclic) bond motifs is 1. The van der Waals surface area contributed by atoms with Gasteiger partial charge in [0.1, 0.15) is 0 Å². The second kappa shape index (κ2) is 7.37. The van der Waals surface area contributed by atoms with Crippen LogP contribution in [0.15, 0.2) is 18.2 Å². The minimum Gasteiger partial charge on any atom is -0.351 e. The molecule has 1 aromatic carbocycles. The highest BCUT2D eigenvalue weighted by Crippen LogP contribution is 2.29. The highest BCUT2D eigenvalue weighted by atomic mass is 32.2. The highest BCUT2D eigenvalue weighted by Gasteiger charge is 2.42. The van der Waals surface area contributed by atoms with Crippen molar-refractivity contribution in [2.24, 2.45) is 0 Å². The topological polar surface area (TPSA) is 116 Å². The van der Waals surface area contributed by atoms with Gasteiger partial charge in [0.2, 0.25) is 0 Å². The summed E-state index contributed by atoms with van der Waals surface area (Å²) in [6.45, 7) is 5.38. The van der Waals surface area contributed by atoms with E-state index in [-0.39, 0.29) is 35.7 Å². The van der Waals surface area contributed by atoms with Gasteiger partial charge in [-0.15, -0.1) is 0 Å². The molecule has 2 N–H and O–H groups in total. The third-order valence-corrected chi connectivity index (χ3v) is 5.53. The zero-order valence-electron chi connectivity index (χ0n) is 16.0. The molecule has 1 aromatic rings. The maximum Gasteiger partial charge on any atom is 0.278 e. The molecule has 0 spiro atoms. The Morgan fingerprint density at radius 3 is 2.22 bits per heavy atom. The maximum absolute atomic E-state index is 12.6. The van der Waals surface area contributed by atoms with Crippen molar-refractivity contribution in [3.63, 3.8) is 0 Å².